The number of hydrogen-bond acceptors (Lipinski definition) is 8. The maximum Gasteiger partial charge on any atom is 0.329 e. The van der Waals surface area contributed by atoms with E-state index in [1.54, 1.807) is 0 Å². The van der Waals surface area contributed by atoms with Crippen molar-refractivity contribution in [2.24, 2.45) is 0 Å². The number of quaternary nitrogens is 2. The molecular weight excluding hydrogens is 841 g/mol. The molecule has 0 bridgehead atoms. The molecule has 2 atom stereocenters. The van der Waals surface area contributed by atoms with Crippen molar-refractivity contribution in [1.82, 2.24) is 10.6 Å². The van der Waals surface area contributed by atoms with Crippen molar-refractivity contribution < 1.29 is 37.6 Å². The van der Waals surface area contributed by atoms with Gasteiger partial charge >= 0.3 is 11.9 Å². The van der Waals surface area contributed by atoms with Gasteiger partial charge in [-0.05, 0) is 12.8 Å². The first-order valence-electron chi connectivity index (χ1n) is 26.5. The molecule has 0 aromatic heterocycles. The Balaban J connectivity index is 4.65. The van der Waals surface area contributed by atoms with E-state index in [-0.39, 0.29) is 36.4 Å². The molecule has 0 aromatic rings. The Hall–Kier alpha value is -1.50. The number of carbonyl (C=O) groups excluding carboxylic acids is 4. The summed E-state index contributed by atoms with van der Waals surface area (Å²) in [6.45, 7) is 5.67. The van der Waals surface area contributed by atoms with Crippen LogP contribution in [0.1, 0.15) is 219 Å². The molecule has 378 valence electrons. The molecule has 0 aromatic carbocycles. The standard InChI is InChI=1S/C52H102N4O6S2/c1-9-11-13-15-17-19-21-23-25-27-29-31-33-35-37-39-41-61-51(59)47(53-49(57)43-55(3,4)5)45-63-64-46-48(54-50(58)44-56(6,7)8)52(60)62-42-40-38-36-34-32-30-28-26-24-22-20-18-16-14-12-10-2/h47-48H,9-46H2,1-8H3/p+2/t47-,48-/m0/s1. The van der Waals surface area contributed by atoms with Gasteiger partial charge in [-0.3, -0.25) is 9.59 Å². The maximum atomic E-state index is 13.3. The summed E-state index contributed by atoms with van der Waals surface area (Å²) in [4.78, 5) is 52.3. The molecule has 64 heavy (non-hydrogen) atoms. The third-order valence-corrected chi connectivity index (χ3v) is 13.9. The molecular formula is C52H104N4O6S2+2. The molecule has 0 radical (unpaired) electrons. The zero-order valence-electron chi connectivity index (χ0n) is 43.2. The van der Waals surface area contributed by atoms with Gasteiger partial charge in [0.2, 0.25) is 0 Å². The first kappa shape index (κ1) is 62.5. The fraction of sp³-hybridized carbons (Fsp3) is 0.923. The lowest BCUT2D eigenvalue weighted by molar-refractivity contribution is -0.862. The van der Waals surface area contributed by atoms with Crippen molar-refractivity contribution in [3.8, 4) is 0 Å². The minimum absolute atomic E-state index is 0.217. The highest BCUT2D eigenvalue weighted by molar-refractivity contribution is 8.76. The van der Waals surface area contributed by atoms with Gasteiger partial charge in [-0.25, -0.2) is 9.59 Å². The van der Waals surface area contributed by atoms with Crippen LogP contribution < -0.4 is 10.6 Å². The summed E-state index contributed by atoms with van der Waals surface area (Å²) in [5, 5.41) is 5.79. The van der Waals surface area contributed by atoms with Crippen LogP contribution >= 0.6 is 21.6 Å². The highest BCUT2D eigenvalue weighted by Crippen LogP contribution is 2.24. The molecule has 0 heterocycles. The van der Waals surface area contributed by atoms with Crippen molar-refractivity contribution >= 4 is 45.3 Å². The zero-order chi connectivity index (χ0) is 47.6. The van der Waals surface area contributed by atoms with Gasteiger partial charge in [0.1, 0.15) is 12.1 Å². The number of ether oxygens (including phenoxy) is 2. The average Bonchev–Trinajstić information content (AvgIpc) is 3.22. The van der Waals surface area contributed by atoms with E-state index in [0.29, 0.717) is 22.2 Å². The predicted molar refractivity (Wildman–Crippen MR) is 276 cm³/mol. The van der Waals surface area contributed by atoms with Crippen molar-refractivity contribution in [1.29, 1.82) is 0 Å². The van der Waals surface area contributed by atoms with E-state index in [0.717, 1.165) is 38.5 Å². The Morgan fingerprint density at radius 2 is 0.594 bits per heavy atom. The largest absolute Gasteiger partial charge is 0.464 e. The van der Waals surface area contributed by atoms with Crippen LogP contribution in [0.3, 0.4) is 0 Å². The van der Waals surface area contributed by atoms with Crippen LogP contribution in [0.4, 0.5) is 0 Å². The number of likely N-dealkylation sites (N-methyl/N-ethyl adjacent to an activating group) is 2. The predicted octanol–water partition coefficient (Wildman–Crippen LogP) is 12.4. The minimum atomic E-state index is -0.814. The SMILES string of the molecule is CCCCCCCCCCCCCCCCCCOC(=O)[C@H](CSSC[C@H](NC(=O)C[N+](C)(C)C)C(=O)OCCCCCCCCCCCCCCCCCC)NC(=O)C[N+](C)(C)C. The monoisotopic (exact) mass is 945 g/mol. The van der Waals surface area contributed by atoms with Crippen LogP contribution in [0, 0.1) is 0 Å². The van der Waals surface area contributed by atoms with Gasteiger partial charge in [0, 0.05) is 11.5 Å². The van der Waals surface area contributed by atoms with Gasteiger partial charge in [-0.15, -0.1) is 0 Å². The molecule has 2 amide bonds. The van der Waals surface area contributed by atoms with Crippen LogP contribution in [0.5, 0.6) is 0 Å². The van der Waals surface area contributed by atoms with E-state index in [1.807, 2.05) is 42.3 Å². The Morgan fingerprint density at radius 3 is 0.812 bits per heavy atom. The quantitative estimate of drug-likeness (QED) is 0.0269. The Bertz CT molecular complexity index is 1050. The molecule has 0 saturated heterocycles. The highest BCUT2D eigenvalue weighted by Gasteiger charge is 2.28. The second-order valence-corrected chi connectivity index (χ2v) is 23.2. The van der Waals surface area contributed by atoms with Crippen molar-refractivity contribution in [2.45, 2.75) is 231 Å². The number of nitrogens with zero attached hydrogens (tertiary/aromatic N) is 2. The van der Waals surface area contributed by atoms with E-state index in [9.17, 15) is 19.2 Å². The van der Waals surface area contributed by atoms with Crippen LogP contribution in [0.2, 0.25) is 0 Å². The Kier molecular flexibility index (Phi) is 41.8. The number of carbonyl (C=O) groups is 4. The first-order chi connectivity index (χ1) is 30.7. The van der Waals surface area contributed by atoms with Gasteiger partial charge < -0.3 is 29.1 Å². The van der Waals surface area contributed by atoms with E-state index < -0.39 is 24.0 Å². The second kappa shape index (κ2) is 42.8. The summed E-state index contributed by atoms with van der Waals surface area (Å²) in [6, 6.07) is -1.63. The molecule has 0 aliphatic carbocycles. The Morgan fingerprint density at radius 1 is 0.375 bits per heavy atom. The summed E-state index contributed by atoms with van der Waals surface area (Å²) in [6.07, 6.45) is 41.0. The van der Waals surface area contributed by atoms with Crippen molar-refractivity contribution in [2.75, 3.05) is 80.1 Å². The van der Waals surface area contributed by atoms with Crippen molar-refractivity contribution in [3.05, 3.63) is 0 Å². The number of esters is 2. The van der Waals surface area contributed by atoms with Gasteiger partial charge in [0.05, 0.1) is 55.5 Å². The van der Waals surface area contributed by atoms with Gasteiger partial charge in [0.25, 0.3) is 11.8 Å². The highest BCUT2D eigenvalue weighted by atomic mass is 33.1. The molecule has 0 aliphatic rings. The molecule has 0 unspecified atom stereocenters. The van der Waals surface area contributed by atoms with Crippen LogP contribution in [0.15, 0.2) is 0 Å². The maximum absolute atomic E-state index is 13.3. The number of nitrogens with one attached hydrogen (secondary N) is 2. The Labute approximate surface area is 403 Å². The minimum Gasteiger partial charge on any atom is -0.464 e. The molecule has 10 nitrogen and oxygen atoms in total. The van der Waals surface area contributed by atoms with Gasteiger partial charge in [0.15, 0.2) is 13.1 Å². The molecule has 0 aliphatic heterocycles. The number of unbranched alkanes of at least 4 members (excludes halogenated alkanes) is 30. The fourth-order valence-corrected chi connectivity index (χ4v) is 10.1. The molecule has 0 saturated carbocycles. The average molecular weight is 946 g/mol. The molecule has 0 rings (SSSR count). The third-order valence-electron chi connectivity index (χ3n) is 11.5. The van der Waals surface area contributed by atoms with E-state index in [1.165, 1.54) is 189 Å². The third kappa shape index (κ3) is 44.3. The summed E-state index contributed by atoms with van der Waals surface area (Å²) >= 11 is 0. The summed E-state index contributed by atoms with van der Waals surface area (Å²) < 4.78 is 12.2. The van der Waals surface area contributed by atoms with E-state index >= 15 is 0 Å². The normalized spacial score (nSPS) is 12.8. The van der Waals surface area contributed by atoms with Gasteiger partial charge in [-0.2, -0.15) is 0 Å². The molecule has 12 heteroatoms. The summed E-state index contributed by atoms with van der Waals surface area (Å²) in [5.41, 5.74) is 0. The topological polar surface area (TPSA) is 111 Å². The van der Waals surface area contributed by atoms with E-state index in [4.69, 9.17) is 9.47 Å². The lowest BCUT2D eigenvalue weighted by Gasteiger charge is -2.25. The van der Waals surface area contributed by atoms with Crippen molar-refractivity contribution in [3.63, 3.8) is 0 Å². The smallest absolute Gasteiger partial charge is 0.329 e. The van der Waals surface area contributed by atoms with E-state index in [2.05, 4.69) is 24.5 Å². The van der Waals surface area contributed by atoms with Crippen LogP contribution in [-0.2, 0) is 28.7 Å². The number of amides is 2. The molecule has 0 spiro atoms. The fourth-order valence-electron chi connectivity index (χ4n) is 7.76. The van der Waals surface area contributed by atoms with Crippen LogP contribution in [-0.4, -0.2) is 125 Å². The zero-order valence-corrected chi connectivity index (χ0v) is 44.8. The second-order valence-electron chi connectivity index (χ2n) is 20.6. The summed E-state index contributed by atoms with van der Waals surface area (Å²) in [5.74, 6) is -0.751. The number of rotatable bonds is 47. The number of hydrogen-bond donors (Lipinski definition) is 2. The molecule has 2 N–H and O–H groups in total. The van der Waals surface area contributed by atoms with Gasteiger partial charge in [-0.1, -0.05) is 228 Å². The lowest BCUT2D eigenvalue weighted by Crippen LogP contribution is -2.51. The van der Waals surface area contributed by atoms with Crippen LogP contribution in [0.25, 0.3) is 0 Å². The molecule has 0 fully saturated rings. The first-order valence-corrected chi connectivity index (χ1v) is 28.9. The lowest BCUT2D eigenvalue weighted by atomic mass is 10.0. The summed E-state index contributed by atoms with van der Waals surface area (Å²) in [7, 11) is 14.4.